The van der Waals surface area contributed by atoms with Crippen molar-refractivity contribution in [3.8, 4) is 11.8 Å². The van der Waals surface area contributed by atoms with E-state index in [0.717, 1.165) is 4.47 Å². The SMILES string of the molecule is COc1ccccc1/C=C(\C#N)S(=O)(=O)Nc1ccc(Br)cc1. The van der Waals surface area contributed by atoms with Crippen molar-refractivity contribution in [3.63, 3.8) is 0 Å². The second kappa shape index (κ2) is 7.31. The van der Waals surface area contributed by atoms with E-state index in [-0.39, 0.29) is 0 Å². The third kappa shape index (κ3) is 4.34. The lowest BCUT2D eigenvalue weighted by atomic mass is 10.2. The molecule has 0 aliphatic carbocycles. The summed E-state index contributed by atoms with van der Waals surface area (Å²) in [7, 11) is -2.50. The number of para-hydroxylation sites is 1. The summed E-state index contributed by atoms with van der Waals surface area (Å²) in [6.45, 7) is 0. The number of hydrogen-bond acceptors (Lipinski definition) is 4. The summed E-state index contributed by atoms with van der Waals surface area (Å²) in [5.41, 5.74) is 0.877. The fourth-order valence-electron chi connectivity index (χ4n) is 1.82. The molecule has 0 aliphatic rings. The first kappa shape index (κ1) is 17.1. The summed E-state index contributed by atoms with van der Waals surface area (Å²) < 4.78 is 33.1. The van der Waals surface area contributed by atoms with E-state index in [9.17, 15) is 13.7 Å². The second-order valence-corrected chi connectivity index (χ2v) is 7.04. The predicted octanol–water partition coefficient (Wildman–Crippen LogP) is 3.76. The highest BCUT2D eigenvalue weighted by Crippen LogP contribution is 2.23. The van der Waals surface area contributed by atoms with Gasteiger partial charge in [0.2, 0.25) is 0 Å². The molecular weight excluding hydrogens is 380 g/mol. The smallest absolute Gasteiger partial charge is 0.272 e. The quantitative estimate of drug-likeness (QED) is 0.785. The molecule has 0 heterocycles. The Morgan fingerprint density at radius 3 is 2.48 bits per heavy atom. The summed E-state index contributed by atoms with van der Waals surface area (Å²) in [5.74, 6) is 0.485. The van der Waals surface area contributed by atoms with Crippen LogP contribution >= 0.6 is 15.9 Å². The number of hydrogen-bond donors (Lipinski definition) is 1. The van der Waals surface area contributed by atoms with Crippen LogP contribution in [-0.2, 0) is 10.0 Å². The predicted molar refractivity (Wildman–Crippen MR) is 93.3 cm³/mol. The molecule has 0 amide bonds. The van der Waals surface area contributed by atoms with Gasteiger partial charge in [0.25, 0.3) is 10.0 Å². The van der Waals surface area contributed by atoms with Crippen LogP contribution in [-0.4, -0.2) is 15.5 Å². The van der Waals surface area contributed by atoms with E-state index < -0.39 is 14.9 Å². The number of sulfonamides is 1. The highest BCUT2D eigenvalue weighted by atomic mass is 79.9. The topological polar surface area (TPSA) is 79.2 Å². The number of anilines is 1. The van der Waals surface area contributed by atoms with Crippen LogP contribution in [0, 0.1) is 11.3 Å². The van der Waals surface area contributed by atoms with E-state index in [1.54, 1.807) is 54.6 Å². The first-order valence-corrected chi connectivity index (χ1v) is 8.77. The van der Waals surface area contributed by atoms with Crippen molar-refractivity contribution < 1.29 is 13.2 Å². The average Bonchev–Trinajstić information content (AvgIpc) is 2.54. The molecule has 0 unspecified atom stereocenters. The summed E-state index contributed by atoms with van der Waals surface area (Å²) in [5, 5.41) is 9.22. The fraction of sp³-hybridized carbons (Fsp3) is 0.0625. The number of rotatable bonds is 5. The van der Waals surface area contributed by atoms with Crippen LogP contribution in [0.1, 0.15) is 5.56 Å². The molecule has 0 aliphatic heterocycles. The maximum Gasteiger partial charge on any atom is 0.272 e. The number of methoxy groups -OCH3 is 1. The van der Waals surface area contributed by atoms with Gasteiger partial charge in [-0.1, -0.05) is 34.1 Å². The van der Waals surface area contributed by atoms with Crippen LogP contribution < -0.4 is 9.46 Å². The van der Waals surface area contributed by atoms with Crippen molar-refractivity contribution in [2.45, 2.75) is 0 Å². The molecule has 0 fully saturated rings. The molecule has 0 atom stereocenters. The molecule has 2 aromatic rings. The van der Waals surface area contributed by atoms with Crippen molar-refractivity contribution in [1.82, 2.24) is 0 Å². The maximum atomic E-state index is 12.4. The molecule has 5 nitrogen and oxygen atoms in total. The van der Waals surface area contributed by atoms with Gasteiger partial charge in [0.15, 0.2) is 4.91 Å². The highest BCUT2D eigenvalue weighted by molar-refractivity contribution is 9.10. The lowest BCUT2D eigenvalue weighted by Gasteiger charge is -2.08. The summed E-state index contributed by atoms with van der Waals surface area (Å²) in [6.07, 6.45) is 1.28. The summed E-state index contributed by atoms with van der Waals surface area (Å²) in [4.78, 5) is -0.398. The summed E-state index contributed by atoms with van der Waals surface area (Å²) >= 11 is 3.27. The molecule has 118 valence electrons. The number of nitriles is 1. The molecule has 1 N–H and O–H groups in total. The molecule has 7 heteroatoms. The van der Waals surface area contributed by atoms with Gasteiger partial charge in [-0.3, -0.25) is 4.72 Å². The Kier molecular flexibility index (Phi) is 5.42. The van der Waals surface area contributed by atoms with Gasteiger partial charge in [0, 0.05) is 15.7 Å². The number of nitrogens with one attached hydrogen (secondary N) is 1. The normalized spacial score (nSPS) is 11.6. The number of nitrogens with zero attached hydrogens (tertiary/aromatic N) is 1. The molecule has 0 radical (unpaired) electrons. The zero-order valence-corrected chi connectivity index (χ0v) is 14.6. The third-order valence-corrected chi connectivity index (χ3v) is 4.74. The van der Waals surface area contributed by atoms with Gasteiger partial charge in [-0.25, -0.2) is 8.42 Å². The van der Waals surface area contributed by atoms with Crippen molar-refractivity contribution in [3.05, 3.63) is 63.5 Å². The van der Waals surface area contributed by atoms with Gasteiger partial charge >= 0.3 is 0 Å². The number of allylic oxidation sites excluding steroid dienone is 1. The summed E-state index contributed by atoms with van der Waals surface area (Å²) in [6, 6.07) is 15.2. The Morgan fingerprint density at radius 2 is 1.87 bits per heavy atom. The first-order valence-electron chi connectivity index (χ1n) is 6.49. The molecule has 0 aromatic heterocycles. The van der Waals surface area contributed by atoms with Gasteiger partial charge in [0.1, 0.15) is 11.8 Å². The fourth-order valence-corrected chi connectivity index (χ4v) is 3.05. The molecular formula is C16H13BrN2O3S. The zero-order valence-electron chi connectivity index (χ0n) is 12.2. The van der Waals surface area contributed by atoms with Crippen LogP contribution in [0.3, 0.4) is 0 Å². The van der Waals surface area contributed by atoms with Gasteiger partial charge in [0.05, 0.1) is 7.11 Å². The first-order chi connectivity index (χ1) is 11.0. The zero-order chi connectivity index (χ0) is 16.9. The van der Waals surface area contributed by atoms with E-state index in [2.05, 4.69) is 20.7 Å². The van der Waals surface area contributed by atoms with Crippen molar-refractivity contribution in [2.24, 2.45) is 0 Å². The van der Waals surface area contributed by atoms with E-state index in [4.69, 9.17) is 4.74 Å². The Bertz CT molecular complexity index is 869. The van der Waals surface area contributed by atoms with Crippen molar-refractivity contribution >= 4 is 37.7 Å². The monoisotopic (exact) mass is 392 g/mol. The molecule has 23 heavy (non-hydrogen) atoms. The lowest BCUT2D eigenvalue weighted by molar-refractivity contribution is 0.414. The van der Waals surface area contributed by atoms with E-state index in [0.29, 0.717) is 17.0 Å². The van der Waals surface area contributed by atoms with Crippen molar-refractivity contribution in [1.29, 1.82) is 5.26 Å². The molecule has 2 rings (SSSR count). The Balaban J connectivity index is 2.37. The molecule has 0 saturated heterocycles. The van der Waals surface area contributed by atoms with Gasteiger partial charge in [-0.05, 0) is 36.4 Å². The number of benzene rings is 2. The Morgan fingerprint density at radius 1 is 1.22 bits per heavy atom. The Labute approximate surface area is 143 Å². The maximum absolute atomic E-state index is 12.4. The number of halogens is 1. The van der Waals surface area contributed by atoms with E-state index in [1.165, 1.54) is 13.2 Å². The van der Waals surface area contributed by atoms with Crippen LogP contribution in [0.5, 0.6) is 5.75 Å². The van der Waals surface area contributed by atoms with Crippen LogP contribution in [0.25, 0.3) is 6.08 Å². The van der Waals surface area contributed by atoms with Crippen LogP contribution in [0.4, 0.5) is 5.69 Å². The molecule has 2 aromatic carbocycles. The average molecular weight is 393 g/mol. The van der Waals surface area contributed by atoms with E-state index in [1.807, 2.05) is 0 Å². The Hall–Kier alpha value is -2.30. The van der Waals surface area contributed by atoms with Gasteiger partial charge in [-0.15, -0.1) is 0 Å². The minimum Gasteiger partial charge on any atom is -0.496 e. The lowest BCUT2D eigenvalue weighted by Crippen LogP contribution is -2.14. The largest absolute Gasteiger partial charge is 0.496 e. The van der Waals surface area contributed by atoms with Crippen molar-refractivity contribution in [2.75, 3.05) is 11.8 Å². The standard InChI is InChI=1S/C16H13BrN2O3S/c1-22-16-5-3-2-4-12(16)10-15(11-18)23(20,21)19-14-8-6-13(17)7-9-14/h2-10,19H,1H3/b15-10+. The number of ether oxygens (including phenoxy) is 1. The van der Waals surface area contributed by atoms with Gasteiger partial charge in [-0.2, -0.15) is 5.26 Å². The molecule has 0 spiro atoms. The van der Waals surface area contributed by atoms with Crippen LogP contribution in [0.15, 0.2) is 57.9 Å². The highest BCUT2D eigenvalue weighted by Gasteiger charge is 2.18. The second-order valence-electron chi connectivity index (χ2n) is 4.47. The van der Waals surface area contributed by atoms with Gasteiger partial charge < -0.3 is 4.74 Å². The minimum absolute atomic E-state index is 0.370. The third-order valence-electron chi connectivity index (χ3n) is 2.92. The van der Waals surface area contributed by atoms with Crippen LogP contribution in [0.2, 0.25) is 0 Å². The molecule has 0 bridgehead atoms. The van der Waals surface area contributed by atoms with E-state index >= 15 is 0 Å². The minimum atomic E-state index is -3.98. The molecule has 0 saturated carbocycles.